The van der Waals surface area contributed by atoms with Crippen LogP contribution in [0.25, 0.3) is 0 Å². The number of likely N-dealkylation sites (N-methyl/N-ethyl adjacent to an activating group) is 1. The van der Waals surface area contributed by atoms with Crippen molar-refractivity contribution in [1.29, 1.82) is 0 Å². The van der Waals surface area contributed by atoms with Gasteiger partial charge in [0.25, 0.3) is 0 Å². The maximum absolute atomic E-state index is 11.0. The summed E-state index contributed by atoms with van der Waals surface area (Å²) >= 11 is 0. The highest BCUT2D eigenvalue weighted by Crippen LogP contribution is 2.07. The SMILES string of the molecule is CNC(=O)CNC1CCCNC1C. The van der Waals surface area contributed by atoms with Gasteiger partial charge in [-0.05, 0) is 26.3 Å². The van der Waals surface area contributed by atoms with Crippen molar-refractivity contribution in [2.45, 2.75) is 31.8 Å². The molecule has 1 amide bonds. The van der Waals surface area contributed by atoms with Gasteiger partial charge in [0.2, 0.25) is 5.91 Å². The van der Waals surface area contributed by atoms with E-state index in [2.05, 4.69) is 22.9 Å². The van der Waals surface area contributed by atoms with Crippen molar-refractivity contribution in [3.63, 3.8) is 0 Å². The van der Waals surface area contributed by atoms with Crippen LogP contribution in [0, 0.1) is 0 Å². The maximum atomic E-state index is 11.0. The Kier molecular flexibility index (Phi) is 4.18. The zero-order valence-electron chi connectivity index (χ0n) is 8.39. The van der Waals surface area contributed by atoms with Gasteiger partial charge >= 0.3 is 0 Å². The van der Waals surface area contributed by atoms with Gasteiger partial charge in [-0.15, -0.1) is 0 Å². The molecule has 4 heteroatoms. The molecule has 1 saturated heterocycles. The first kappa shape index (κ1) is 10.5. The Morgan fingerprint density at radius 1 is 1.62 bits per heavy atom. The molecule has 3 N–H and O–H groups in total. The Bertz CT molecular complexity index is 172. The number of rotatable bonds is 3. The third-order valence-electron chi connectivity index (χ3n) is 2.57. The fourth-order valence-corrected chi connectivity index (χ4v) is 1.63. The quantitative estimate of drug-likeness (QED) is 0.553. The first-order valence-corrected chi connectivity index (χ1v) is 4.91. The summed E-state index contributed by atoms with van der Waals surface area (Å²) in [6.45, 7) is 3.67. The molecule has 0 aromatic heterocycles. The Morgan fingerprint density at radius 3 is 3.00 bits per heavy atom. The van der Waals surface area contributed by atoms with Crippen LogP contribution >= 0.6 is 0 Å². The van der Waals surface area contributed by atoms with Crippen LogP contribution in [0.1, 0.15) is 19.8 Å². The fraction of sp³-hybridized carbons (Fsp3) is 0.889. The lowest BCUT2D eigenvalue weighted by molar-refractivity contribution is -0.119. The van der Waals surface area contributed by atoms with E-state index >= 15 is 0 Å². The standard InChI is InChI=1S/C9H19N3O/c1-7-8(4-3-5-11-7)12-6-9(13)10-2/h7-8,11-12H,3-6H2,1-2H3,(H,10,13). The highest BCUT2D eigenvalue weighted by atomic mass is 16.1. The molecule has 0 aromatic carbocycles. The molecule has 1 aliphatic rings. The fourth-order valence-electron chi connectivity index (χ4n) is 1.63. The Hall–Kier alpha value is -0.610. The second-order valence-electron chi connectivity index (χ2n) is 3.55. The molecular formula is C9H19N3O. The summed E-state index contributed by atoms with van der Waals surface area (Å²) in [6.07, 6.45) is 2.35. The average molecular weight is 185 g/mol. The van der Waals surface area contributed by atoms with Crippen molar-refractivity contribution in [1.82, 2.24) is 16.0 Å². The van der Waals surface area contributed by atoms with Crippen LogP contribution in [0.5, 0.6) is 0 Å². The second kappa shape index (κ2) is 5.19. The van der Waals surface area contributed by atoms with E-state index in [1.165, 1.54) is 6.42 Å². The van der Waals surface area contributed by atoms with E-state index in [4.69, 9.17) is 0 Å². The van der Waals surface area contributed by atoms with E-state index in [-0.39, 0.29) is 5.91 Å². The minimum Gasteiger partial charge on any atom is -0.358 e. The Morgan fingerprint density at radius 2 is 2.38 bits per heavy atom. The van der Waals surface area contributed by atoms with Crippen LogP contribution in [-0.4, -0.2) is 38.1 Å². The van der Waals surface area contributed by atoms with E-state index in [0.29, 0.717) is 18.6 Å². The van der Waals surface area contributed by atoms with Gasteiger partial charge in [-0.3, -0.25) is 4.79 Å². The largest absolute Gasteiger partial charge is 0.358 e. The third kappa shape index (κ3) is 3.32. The first-order chi connectivity index (χ1) is 6.24. The molecule has 13 heavy (non-hydrogen) atoms. The lowest BCUT2D eigenvalue weighted by Gasteiger charge is -2.30. The molecule has 1 rings (SSSR count). The molecule has 4 nitrogen and oxygen atoms in total. The monoisotopic (exact) mass is 185 g/mol. The molecule has 2 atom stereocenters. The van der Waals surface area contributed by atoms with Gasteiger partial charge in [-0.2, -0.15) is 0 Å². The smallest absolute Gasteiger partial charge is 0.233 e. The van der Waals surface area contributed by atoms with Gasteiger partial charge in [0.15, 0.2) is 0 Å². The topological polar surface area (TPSA) is 53.2 Å². The van der Waals surface area contributed by atoms with Crippen LogP contribution in [-0.2, 0) is 4.79 Å². The lowest BCUT2D eigenvalue weighted by Crippen LogP contribution is -2.52. The number of amides is 1. The molecular weight excluding hydrogens is 166 g/mol. The number of piperidine rings is 1. The van der Waals surface area contributed by atoms with Crippen LogP contribution < -0.4 is 16.0 Å². The summed E-state index contributed by atoms with van der Waals surface area (Å²) in [5.74, 6) is 0.0535. The van der Waals surface area contributed by atoms with E-state index in [1.54, 1.807) is 7.05 Å². The summed E-state index contributed by atoms with van der Waals surface area (Å²) in [4.78, 5) is 11.0. The van der Waals surface area contributed by atoms with E-state index in [9.17, 15) is 4.79 Å². The molecule has 0 bridgehead atoms. The van der Waals surface area contributed by atoms with Crippen molar-refractivity contribution in [3.05, 3.63) is 0 Å². The highest BCUT2D eigenvalue weighted by Gasteiger charge is 2.20. The van der Waals surface area contributed by atoms with Crippen LogP contribution in [0.2, 0.25) is 0 Å². The highest BCUT2D eigenvalue weighted by molar-refractivity contribution is 5.77. The van der Waals surface area contributed by atoms with Crippen molar-refractivity contribution < 1.29 is 4.79 Å². The summed E-state index contributed by atoms with van der Waals surface area (Å²) in [5, 5.41) is 9.22. The van der Waals surface area contributed by atoms with E-state index in [0.717, 1.165) is 13.0 Å². The lowest BCUT2D eigenvalue weighted by atomic mass is 10.00. The molecule has 1 fully saturated rings. The second-order valence-corrected chi connectivity index (χ2v) is 3.55. The van der Waals surface area contributed by atoms with Gasteiger partial charge in [0.05, 0.1) is 6.54 Å². The van der Waals surface area contributed by atoms with Crippen molar-refractivity contribution in [2.24, 2.45) is 0 Å². The van der Waals surface area contributed by atoms with Gasteiger partial charge < -0.3 is 16.0 Å². The van der Waals surface area contributed by atoms with Gasteiger partial charge in [0.1, 0.15) is 0 Å². The normalized spacial score (nSPS) is 28.5. The molecule has 0 radical (unpaired) electrons. The predicted molar refractivity (Wildman–Crippen MR) is 52.6 cm³/mol. The molecule has 1 aliphatic heterocycles. The number of hydrogen-bond acceptors (Lipinski definition) is 3. The Balaban J connectivity index is 2.22. The molecule has 0 spiro atoms. The zero-order valence-corrected chi connectivity index (χ0v) is 8.39. The third-order valence-corrected chi connectivity index (χ3v) is 2.57. The summed E-state index contributed by atoms with van der Waals surface area (Å²) < 4.78 is 0. The summed E-state index contributed by atoms with van der Waals surface area (Å²) in [5.41, 5.74) is 0. The molecule has 1 heterocycles. The van der Waals surface area contributed by atoms with Crippen molar-refractivity contribution in [2.75, 3.05) is 20.1 Å². The molecule has 2 unspecified atom stereocenters. The van der Waals surface area contributed by atoms with Crippen LogP contribution in [0.3, 0.4) is 0 Å². The minimum absolute atomic E-state index is 0.0535. The molecule has 0 aliphatic carbocycles. The number of hydrogen-bond donors (Lipinski definition) is 3. The van der Waals surface area contributed by atoms with E-state index < -0.39 is 0 Å². The van der Waals surface area contributed by atoms with Crippen molar-refractivity contribution >= 4 is 5.91 Å². The summed E-state index contributed by atoms with van der Waals surface area (Å²) in [7, 11) is 1.66. The molecule has 0 saturated carbocycles. The molecule has 0 aromatic rings. The zero-order chi connectivity index (χ0) is 9.68. The van der Waals surface area contributed by atoms with Crippen molar-refractivity contribution in [3.8, 4) is 0 Å². The van der Waals surface area contributed by atoms with Gasteiger partial charge in [0, 0.05) is 19.1 Å². The number of carbonyl (C=O) groups excluding carboxylic acids is 1. The number of carbonyl (C=O) groups is 1. The summed E-state index contributed by atoms with van der Waals surface area (Å²) in [6, 6.07) is 0.907. The maximum Gasteiger partial charge on any atom is 0.233 e. The predicted octanol–water partition coefficient (Wildman–Crippen LogP) is -0.537. The Labute approximate surface area is 79.5 Å². The minimum atomic E-state index is 0.0535. The average Bonchev–Trinajstić information content (AvgIpc) is 2.16. The first-order valence-electron chi connectivity index (χ1n) is 4.91. The van der Waals surface area contributed by atoms with Crippen LogP contribution in [0.4, 0.5) is 0 Å². The van der Waals surface area contributed by atoms with Gasteiger partial charge in [-0.25, -0.2) is 0 Å². The number of nitrogens with one attached hydrogen (secondary N) is 3. The van der Waals surface area contributed by atoms with Gasteiger partial charge in [-0.1, -0.05) is 0 Å². The molecule has 76 valence electrons. The van der Waals surface area contributed by atoms with E-state index in [1.807, 2.05) is 0 Å². The van der Waals surface area contributed by atoms with Crippen LogP contribution in [0.15, 0.2) is 0 Å².